The summed E-state index contributed by atoms with van der Waals surface area (Å²) < 4.78 is 0. The summed E-state index contributed by atoms with van der Waals surface area (Å²) >= 11 is 0. The average Bonchev–Trinajstić information content (AvgIpc) is 0. The maximum Gasteiger partial charge on any atom is 6.00 e. The number of hydrogen-bond donors (Lipinski definition) is 0. The molecule has 0 saturated heterocycles. The molecule has 0 aliphatic rings. The van der Waals surface area contributed by atoms with Gasteiger partial charge >= 0.3 is 218 Å². The van der Waals surface area contributed by atoms with E-state index in [1.807, 2.05) is 0 Å². The Balaban J connectivity index is 0. The van der Waals surface area contributed by atoms with Crippen LogP contribution in [0, 0.1) is 0 Å². The first-order chi connectivity index (χ1) is 0. The average molecular weight is 372 g/mol. The molecule has 0 spiro atoms. The Kier molecular flexibility index (Phi) is 1990. The molecule has 0 rings (SSSR count). The van der Waals surface area contributed by atoms with Crippen LogP contribution in [-0.4, -0.2) is 0 Å². The van der Waals surface area contributed by atoms with E-state index in [2.05, 4.69) is 0 Å². The van der Waals surface area contributed by atoms with Gasteiger partial charge in [-0.05, 0) is 0 Å². The molecule has 0 aromatic rings. The van der Waals surface area contributed by atoms with Crippen LogP contribution in [-0.2, 0) is 78.5 Å². The predicted octanol–water partition coefficient (Wildman–Crippen LogP) is -12.9. The van der Waals surface area contributed by atoms with Gasteiger partial charge in [-0.3, -0.25) is 0 Å². The molecular formula is Cr2K3NaO8. The van der Waals surface area contributed by atoms with Gasteiger partial charge in [0.25, 0.3) is 0 Å². The minimum Gasteiger partial charge on any atom is -2.00 e. The van der Waals surface area contributed by atoms with Crippen molar-refractivity contribution in [3.8, 4) is 0 Å². The molecule has 0 aliphatic heterocycles. The van der Waals surface area contributed by atoms with E-state index in [-0.39, 0.29) is 262 Å². The minimum atomic E-state index is 0. The van der Waals surface area contributed by atoms with E-state index in [0.29, 0.717) is 0 Å². The third kappa shape index (κ3) is 131. The van der Waals surface area contributed by atoms with E-state index in [9.17, 15) is 0 Å². The summed E-state index contributed by atoms with van der Waals surface area (Å²) in [5, 5.41) is 0. The summed E-state index contributed by atoms with van der Waals surface area (Å²) in [6, 6.07) is 0. The molecule has 0 aliphatic carbocycles. The fourth-order valence-electron chi connectivity index (χ4n) is 0. The summed E-state index contributed by atoms with van der Waals surface area (Å²) in [4.78, 5) is 0. The van der Waals surface area contributed by atoms with Crippen molar-refractivity contribution in [1.29, 1.82) is 0 Å². The zero-order valence-corrected chi connectivity index (χ0v) is 22.0. The van der Waals surface area contributed by atoms with Crippen molar-refractivity contribution in [2.45, 2.75) is 0 Å². The molecule has 0 aromatic carbocycles. The second kappa shape index (κ2) is 154. The summed E-state index contributed by atoms with van der Waals surface area (Å²) in [5.74, 6) is 0. The van der Waals surface area contributed by atoms with Crippen LogP contribution in [0.25, 0.3) is 0 Å². The first-order valence-electron chi connectivity index (χ1n) is 0. The molecule has 0 heterocycles. The molecule has 64 valence electrons. The molecule has 8 nitrogen and oxygen atoms in total. The van der Waals surface area contributed by atoms with Gasteiger partial charge in [-0.25, -0.2) is 0 Å². The van der Waals surface area contributed by atoms with Crippen molar-refractivity contribution in [3.63, 3.8) is 0 Å². The van der Waals surface area contributed by atoms with E-state index < -0.39 is 0 Å². The van der Waals surface area contributed by atoms with Crippen LogP contribution in [0.2, 0.25) is 0 Å². The van der Waals surface area contributed by atoms with Gasteiger partial charge < -0.3 is 43.8 Å². The molecule has 0 radical (unpaired) electrons. The molecule has 0 unspecified atom stereocenters. The van der Waals surface area contributed by atoms with E-state index in [1.54, 1.807) is 0 Å². The Bertz CT molecular complexity index is 22.5. The van der Waals surface area contributed by atoms with Crippen LogP contribution in [0.1, 0.15) is 0 Å². The largest absolute Gasteiger partial charge is 6.00 e. The van der Waals surface area contributed by atoms with E-state index >= 15 is 0 Å². The summed E-state index contributed by atoms with van der Waals surface area (Å²) in [5.41, 5.74) is 0. The van der Waals surface area contributed by atoms with Crippen LogP contribution < -0.4 is 184 Å². The normalized spacial score (nSPS) is 0. The zero-order chi connectivity index (χ0) is 0. The van der Waals surface area contributed by atoms with Crippen molar-refractivity contribution >= 4 is 0 Å². The van der Waals surface area contributed by atoms with Crippen molar-refractivity contribution < 1.29 is 262 Å². The van der Waals surface area contributed by atoms with Crippen LogP contribution in [0.4, 0.5) is 0 Å². The molecule has 0 amide bonds. The molecule has 0 aromatic heterocycles. The molecule has 0 fully saturated rings. The maximum absolute atomic E-state index is 0. The van der Waals surface area contributed by atoms with Crippen molar-refractivity contribution in [2.75, 3.05) is 0 Å². The quantitative estimate of drug-likeness (QED) is 0.361. The summed E-state index contributed by atoms with van der Waals surface area (Å²) in [7, 11) is 0. The van der Waals surface area contributed by atoms with Crippen molar-refractivity contribution in [3.05, 3.63) is 0 Å². The van der Waals surface area contributed by atoms with E-state index in [1.165, 1.54) is 0 Å². The van der Waals surface area contributed by atoms with Crippen molar-refractivity contribution in [2.24, 2.45) is 0 Å². The van der Waals surface area contributed by atoms with Crippen LogP contribution in [0.15, 0.2) is 0 Å². The van der Waals surface area contributed by atoms with Crippen molar-refractivity contribution in [1.82, 2.24) is 0 Å². The minimum absolute atomic E-state index is 0. The number of hydrogen-bond acceptors (Lipinski definition) is 0. The Hall–Kier alpha value is 6.65. The SMILES string of the molecule is [Cr+6].[Cr+6].[K+].[K+].[K+].[Na+].[O-2].[O-2].[O-2].[O-2].[O-2].[O-2].[O-2].[O-2]. The molecule has 14 heteroatoms. The van der Waals surface area contributed by atoms with Gasteiger partial charge in [-0.15, -0.1) is 0 Å². The van der Waals surface area contributed by atoms with Gasteiger partial charge in [0.2, 0.25) is 0 Å². The Morgan fingerprint density at radius 1 is 0.286 bits per heavy atom. The van der Waals surface area contributed by atoms with Gasteiger partial charge in [0, 0.05) is 0 Å². The molecule has 0 N–H and O–H groups in total. The second-order valence-corrected chi connectivity index (χ2v) is 0. The Labute approximate surface area is 254 Å². The third-order valence-corrected chi connectivity index (χ3v) is 0. The smallest absolute Gasteiger partial charge is 2.00 e. The fourth-order valence-corrected chi connectivity index (χ4v) is 0. The molecule has 14 heavy (non-hydrogen) atoms. The van der Waals surface area contributed by atoms with Gasteiger partial charge in [-0.1, -0.05) is 0 Å². The monoisotopic (exact) mass is 372 g/mol. The molecular weight excluding hydrogens is 372 g/mol. The van der Waals surface area contributed by atoms with Gasteiger partial charge in [0.15, 0.2) is 0 Å². The first kappa shape index (κ1) is 180. The predicted molar refractivity (Wildman–Crippen MR) is 5.49 cm³/mol. The first-order valence-corrected chi connectivity index (χ1v) is 0. The van der Waals surface area contributed by atoms with Gasteiger partial charge in [0.1, 0.15) is 0 Å². The standard InChI is InChI=1S/2Cr.3K.Na.8O/q2*+6;4*+1;8*-2. The van der Waals surface area contributed by atoms with Gasteiger partial charge in [0.05, 0.1) is 0 Å². The van der Waals surface area contributed by atoms with E-state index in [4.69, 9.17) is 0 Å². The molecule has 0 saturated carbocycles. The Morgan fingerprint density at radius 2 is 0.286 bits per heavy atom. The van der Waals surface area contributed by atoms with E-state index in [0.717, 1.165) is 0 Å². The molecule has 0 atom stereocenters. The van der Waals surface area contributed by atoms with Gasteiger partial charge in [-0.2, -0.15) is 0 Å². The summed E-state index contributed by atoms with van der Waals surface area (Å²) in [6.45, 7) is 0. The van der Waals surface area contributed by atoms with Crippen LogP contribution in [0.3, 0.4) is 0 Å². The second-order valence-electron chi connectivity index (χ2n) is 0. The maximum atomic E-state index is 0. The zero-order valence-electron chi connectivity index (χ0n) is 8.08. The van der Waals surface area contributed by atoms with Crippen LogP contribution in [0.5, 0.6) is 0 Å². The molecule has 0 bridgehead atoms. The fraction of sp³-hybridized carbons (Fsp3) is 0. The third-order valence-electron chi connectivity index (χ3n) is 0. The topological polar surface area (TPSA) is 228 Å². The number of rotatable bonds is 0. The Morgan fingerprint density at radius 3 is 0.286 bits per heavy atom. The summed E-state index contributed by atoms with van der Waals surface area (Å²) in [6.07, 6.45) is 0. The van der Waals surface area contributed by atoms with Crippen LogP contribution >= 0.6 is 0 Å².